The summed E-state index contributed by atoms with van der Waals surface area (Å²) < 4.78 is 12.8. The topological polar surface area (TPSA) is 52.5 Å². The molecule has 0 bridgehead atoms. The number of phenolic OH excluding ortho intramolecular Hbond substituents is 1. The van der Waals surface area contributed by atoms with Crippen molar-refractivity contribution in [1.82, 2.24) is 5.32 Å². The fourth-order valence-corrected chi connectivity index (χ4v) is 1.28. The molecule has 0 radical (unpaired) electrons. The molecule has 15 heavy (non-hydrogen) atoms. The van der Waals surface area contributed by atoms with Crippen LogP contribution in [-0.2, 0) is 6.54 Å². The first kappa shape index (κ1) is 11.9. The summed E-state index contributed by atoms with van der Waals surface area (Å²) >= 11 is 0. The van der Waals surface area contributed by atoms with Crippen LogP contribution in [0.2, 0.25) is 0 Å². The zero-order valence-corrected chi connectivity index (χ0v) is 8.54. The van der Waals surface area contributed by atoms with Gasteiger partial charge in [-0.2, -0.15) is 0 Å². The highest BCUT2D eigenvalue weighted by atomic mass is 19.1. The Bertz CT molecular complexity index is 305. The van der Waals surface area contributed by atoms with Gasteiger partial charge in [-0.05, 0) is 37.6 Å². The summed E-state index contributed by atoms with van der Waals surface area (Å²) in [6, 6.07) is 3.89. The molecule has 4 heteroatoms. The molecule has 0 saturated heterocycles. The second-order valence-electron chi connectivity index (χ2n) is 3.38. The summed E-state index contributed by atoms with van der Waals surface area (Å²) in [5.41, 5.74) is 0.555. The van der Waals surface area contributed by atoms with Crippen LogP contribution < -0.4 is 5.32 Å². The van der Waals surface area contributed by atoms with Crippen molar-refractivity contribution >= 4 is 0 Å². The molecule has 0 unspecified atom stereocenters. The summed E-state index contributed by atoms with van der Waals surface area (Å²) in [5, 5.41) is 21.0. The lowest BCUT2D eigenvalue weighted by Crippen LogP contribution is -2.15. The summed E-state index contributed by atoms with van der Waals surface area (Å²) in [4.78, 5) is 0. The SMILES string of the molecule is OCCCCNCc1cc(F)ccc1O. The van der Waals surface area contributed by atoms with Crippen LogP contribution in [0.25, 0.3) is 0 Å². The molecule has 0 aliphatic carbocycles. The highest BCUT2D eigenvalue weighted by Crippen LogP contribution is 2.17. The van der Waals surface area contributed by atoms with Crippen molar-refractivity contribution in [2.24, 2.45) is 0 Å². The number of nitrogens with one attached hydrogen (secondary N) is 1. The molecule has 0 saturated carbocycles. The van der Waals surface area contributed by atoms with Crippen molar-refractivity contribution in [3.8, 4) is 5.75 Å². The zero-order chi connectivity index (χ0) is 11.1. The largest absolute Gasteiger partial charge is 0.508 e. The first-order valence-corrected chi connectivity index (χ1v) is 5.03. The van der Waals surface area contributed by atoms with E-state index in [1.165, 1.54) is 18.2 Å². The van der Waals surface area contributed by atoms with Gasteiger partial charge in [-0.15, -0.1) is 0 Å². The maximum atomic E-state index is 12.8. The van der Waals surface area contributed by atoms with Gasteiger partial charge in [0.05, 0.1) is 0 Å². The Hall–Kier alpha value is -1.13. The van der Waals surface area contributed by atoms with Gasteiger partial charge < -0.3 is 15.5 Å². The third kappa shape index (κ3) is 4.27. The van der Waals surface area contributed by atoms with Crippen LogP contribution in [0, 0.1) is 5.82 Å². The molecule has 0 aliphatic heterocycles. The number of hydrogen-bond donors (Lipinski definition) is 3. The second-order valence-corrected chi connectivity index (χ2v) is 3.38. The average molecular weight is 213 g/mol. The lowest BCUT2D eigenvalue weighted by atomic mass is 10.2. The number of halogens is 1. The predicted molar refractivity (Wildman–Crippen MR) is 56.1 cm³/mol. The Labute approximate surface area is 88.6 Å². The van der Waals surface area contributed by atoms with Crippen LogP contribution in [0.1, 0.15) is 18.4 Å². The molecule has 0 heterocycles. The standard InChI is InChI=1S/C11H16FNO2/c12-10-3-4-11(15)9(7-10)8-13-5-1-2-6-14/h3-4,7,13-15H,1-2,5-6,8H2. The van der Waals surface area contributed by atoms with Gasteiger partial charge >= 0.3 is 0 Å². The predicted octanol–water partition coefficient (Wildman–Crippen LogP) is 1.39. The van der Waals surface area contributed by atoms with Crippen LogP contribution in [0.15, 0.2) is 18.2 Å². The zero-order valence-electron chi connectivity index (χ0n) is 8.54. The molecule has 0 fully saturated rings. The van der Waals surface area contributed by atoms with Crippen molar-refractivity contribution < 1.29 is 14.6 Å². The van der Waals surface area contributed by atoms with E-state index < -0.39 is 0 Å². The summed E-state index contributed by atoms with van der Waals surface area (Å²) in [6.07, 6.45) is 1.62. The smallest absolute Gasteiger partial charge is 0.123 e. The van der Waals surface area contributed by atoms with Crippen LogP contribution in [0.3, 0.4) is 0 Å². The number of rotatable bonds is 6. The van der Waals surface area contributed by atoms with E-state index in [9.17, 15) is 9.50 Å². The number of aliphatic hydroxyl groups excluding tert-OH is 1. The lowest BCUT2D eigenvalue weighted by molar-refractivity contribution is 0.283. The number of benzene rings is 1. The summed E-state index contributed by atoms with van der Waals surface area (Å²) in [7, 11) is 0. The number of unbranched alkanes of at least 4 members (excludes halogenated alkanes) is 1. The van der Waals surface area contributed by atoms with E-state index in [1.807, 2.05) is 0 Å². The molecule has 0 atom stereocenters. The Kier molecular flexibility index (Phi) is 5.07. The number of aromatic hydroxyl groups is 1. The van der Waals surface area contributed by atoms with Crippen LogP contribution in [-0.4, -0.2) is 23.4 Å². The van der Waals surface area contributed by atoms with Gasteiger partial charge in [0.1, 0.15) is 11.6 Å². The van der Waals surface area contributed by atoms with Crippen LogP contribution in [0.4, 0.5) is 4.39 Å². The van der Waals surface area contributed by atoms with E-state index >= 15 is 0 Å². The minimum Gasteiger partial charge on any atom is -0.508 e. The monoisotopic (exact) mass is 213 g/mol. The molecular weight excluding hydrogens is 197 g/mol. The fourth-order valence-electron chi connectivity index (χ4n) is 1.28. The average Bonchev–Trinajstić information content (AvgIpc) is 2.23. The van der Waals surface area contributed by atoms with Gasteiger partial charge in [0.25, 0.3) is 0 Å². The number of phenols is 1. The minimum atomic E-state index is -0.347. The third-order valence-corrected chi connectivity index (χ3v) is 2.12. The molecule has 1 rings (SSSR count). The van der Waals surface area contributed by atoms with Crippen molar-refractivity contribution in [1.29, 1.82) is 0 Å². The molecule has 3 N–H and O–H groups in total. The minimum absolute atomic E-state index is 0.103. The van der Waals surface area contributed by atoms with Gasteiger partial charge in [-0.25, -0.2) is 4.39 Å². The lowest BCUT2D eigenvalue weighted by Gasteiger charge is -2.06. The second kappa shape index (κ2) is 6.37. The van der Waals surface area contributed by atoms with E-state index in [0.29, 0.717) is 12.1 Å². The molecule has 84 valence electrons. The summed E-state index contributed by atoms with van der Waals surface area (Å²) in [5.74, 6) is -0.244. The third-order valence-electron chi connectivity index (χ3n) is 2.12. The fraction of sp³-hybridized carbons (Fsp3) is 0.455. The van der Waals surface area contributed by atoms with E-state index in [1.54, 1.807) is 0 Å². The normalized spacial score (nSPS) is 10.5. The van der Waals surface area contributed by atoms with Gasteiger partial charge in [0.15, 0.2) is 0 Å². The first-order valence-electron chi connectivity index (χ1n) is 5.03. The van der Waals surface area contributed by atoms with E-state index in [4.69, 9.17) is 5.11 Å². The van der Waals surface area contributed by atoms with Gasteiger partial charge in [-0.3, -0.25) is 0 Å². The van der Waals surface area contributed by atoms with Crippen molar-refractivity contribution in [3.63, 3.8) is 0 Å². The Balaban J connectivity index is 2.33. The van der Waals surface area contributed by atoms with Crippen molar-refractivity contribution in [3.05, 3.63) is 29.6 Å². The number of hydrogen-bond acceptors (Lipinski definition) is 3. The molecule has 1 aromatic carbocycles. The Morgan fingerprint density at radius 3 is 2.80 bits per heavy atom. The number of aliphatic hydroxyl groups is 1. The van der Waals surface area contributed by atoms with Gasteiger partial charge in [-0.1, -0.05) is 0 Å². The Morgan fingerprint density at radius 1 is 1.27 bits per heavy atom. The van der Waals surface area contributed by atoms with E-state index in [-0.39, 0.29) is 18.2 Å². The molecule has 1 aromatic rings. The van der Waals surface area contributed by atoms with Crippen molar-refractivity contribution in [2.45, 2.75) is 19.4 Å². The molecule has 0 spiro atoms. The molecule has 0 aliphatic rings. The van der Waals surface area contributed by atoms with E-state index in [2.05, 4.69) is 5.32 Å². The van der Waals surface area contributed by atoms with Crippen molar-refractivity contribution in [2.75, 3.05) is 13.2 Å². The van der Waals surface area contributed by atoms with E-state index in [0.717, 1.165) is 19.4 Å². The Morgan fingerprint density at radius 2 is 2.07 bits per heavy atom. The van der Waals surface area contributed by atoms with Gasteiger partial charge in [0, 0.05) is 18.7 Å². The van der Waals surface area contributed by atoms with Crippen LogP contribution >= 0.6 is 0 Å². The molecular formula is C11H16FNO2. The highest BCUT2D eigenvalue weighted by molar-refractivity contribution is 5.32. The maximum absolute atomic E-state index is 12.8. The maximum Gasteiger partial charge on any atom is 0.123 e. The van der Waals surface area contributed by atoms with Crippen LogP contribution in [0.5, 0.6) is 5.75 Å². The first-order chi connectivity index (χ1) is 7.24. The molecule has 0 aromatic heterocycles. The highest BCUT2D eigenvalue weighted by Gasteiger charge is 2.01. The van der Waals surface area contributed by atoms with Gasteiger partial charge in [0.2, 0.25) is 0 Å². The summed E-state index contributed by atoms with van der Waals surface area (Å²) in [6.45, 7) is 1.37. The quantitative estimate of drug-likeness (QED) is 0.626. The molecule has 0 amide bonds. The molecule has 3 nitrogen and oxygen atoms in total.